The number of hydrogen-bond donors (Lipinski definition) is 1. The van der Waals surface area contributed by atoms with Gasteiger partial charge in [0, 0.05) is 0 Å². The van der Waals surface area contributed by atoms with Crippen molar-refractivity contribution >= 4 is 11.9 Å². The van der Waals surface area contributed by atoms with Gasteiger partial charge in [-0.05, 0) is 43.1 Å². The van der Waals surface area contributed by atoms with E-state index in [2.05, 4.69) is 20.8 Å². The van der Waals surface area contributed by atoms with Gasteiger partial charge in [-0.1, -0.05) is 57.5 Å². The fourth-order valence-electron chi connectivity index (χ4n) is 3.61. The summed E-state index contributed by atoms with van der Waals surface area (Å²) in [5.74, 6) is -0.651. The van der Waals surface area contributed by atoms with E-state index in [1.807, 2.05) is 0 Å². The van der Waals surface area contributed by atoms with Crippen molar-refractivity contribution in [2.24, 2.45) is 17.8 Å². The molecule has 2 rings (SSSR count). The van der Waals surface area contributed by atoms with Gasteiger partial charge < -0.3 is 9.84 Å². The molecule has 132 valence electrons. The van der Waals surface area contributed by atoms with Gasteiger partial charge in [0.2, 0.25) is 0 Å². The van der Waals surface area contributed by atoms with Gasteiger partial charge in [-0.25, -0.2) is 0 Å². The lowest BCUT2D eigenvalue weighted by molar-refractivity contribution is -0.169. The number of hydrogen-bond acceptors (Lipinski definition) is 3. The van der Waals surface area contributed by atoms with Crippen LogP contribution in [0.5, 0.6) is 0 Å². The third-order valence-electron chi connectivity index (χ3n) is 5.41. The van der Waals surface area contributed by atoms with Crippen molar-refractivity contribution < 1.29 is 19.4 Å². The van der Waals surface area contributed by atoms with Gasteiger partial charge in [0.05, 0.1) is 0 Å². The largest absolute Gasteiger partial charge is 0.480 e. The lowest BCUT2D eigenvalue weighted by atomic mass is 9.75. The van der Waals surface area contributed by atoms with E-state index in [1.165, 1.54) is 6.92 Å². The number of ether oxygens (including phenoxy) is 1. The zero-order valence-electron chi connectivity index (χ0n) is 15.0. The molecule has 1 aliphatic carbocycles. The van der Waals surface area contributed by atoms with Crippen LogP contribution in [0.15, 0.2) is 30.3 Å². The molecule has 0 radical (unpaired) electrons. The van der Waals surface area contributed by atoms with Gasteiger partial charge in [-0.3, -0.25) is 9.59 Å². The zero-order chi connectivity index (χ0) is 17.9. The van der Waals surface area contributed by atoms with Crippen molar-refractivity contribution in [1.29, 1.82) is 0 Å². The van der Waals surface area contributed by atoms with Gasteiger partial charge in [-0.2, -0.15) is 0 Å². The number of carbonyl (C=O) groups excluding carboxylic acids is 1. The lowest BCUT2D eigenvalue weighted by Gasteiger charge is -2.38. The van der Waals surface area contributed by atoms with Crippen LogP contribution in [0.1, 0.15) is 52.5 Å². The van der Waals surface area contributed by atoms with E-state index in [1.54, 1.807) is 30.3 Å². The molecule has 0 amide bonds. The van der Waals surface area contributed by atoms with Crippen LogP contribution < -0.4 is 0 Å². The number of carboxylic acids is 1. The molecule has 1 fully saturated rings. The summed E-state index contributed by atoms with van der Waals surface area (Å²) in [6.07, 6.45) is 2.75. The molecule has 24 heavy (non-hydrogen) atoms. The maximum atomic E-state index is 12.8. The van der Waals surface area contributed by atoms with Crippen LogP contribution in [0, 0.1) is 17.8 Å². The maximum absolute atomic E-state index is 12.8. The Morgan fingerprint density at radius 1 is 1.21 bits per heavy atom. The van der Waals surface area contributed by atoms with Crippen molar-refractivity contribution in [3.8, 4) is 0 Å². The Bertz CT molecular complexity index is 581. The number of carboxylic acid groups (broad SMARTS) is 1. The van der Waals surface area contributed by atoms with Gasteiger partial charge in [-0.15, -0.1) is 0 Å². The summed E-state index contributed by atoms with van der Waals surface area (Å²) in [5, 5.41) is 9.71. The first kappa shape index (κ1) is 18.5. The molecule has 0 saturated heterocycles. The van der Waals surface area contributed by atoms with Crippen LogP contribution in [-0.4, -0.2) is 23.1 Å². The molecule has 4 heteroatoms. The minimum Gasteiger partial charge on any atom is -0.480 e. The summed E-state index contributed by atoms with van der Waals surface area (Å²) in [5.41, 5.74) is -1.23. The molecule has 1 saturated carbocycles. The van der Waals surface area contributed by atoms with Crippen LogP contribution in [0.4, 0.5) is 0 Å². The highest BCUT2D eigenvalue weighted by molar-refractivity contribution is 6.05. The fraction of sp³-hybridized carbons (Fsp3) is 0.600. The predicted molar refractivity (Wildman–Crippen MR) is 92.7 cm³/mol. The van der Waals surface area contributed by atoms with Crippen molar-refractivity contribution in [3.05, 3.63) is 35.9 Å². The monoisotopic (exact) mass is 332 g/mol. The Morgan fingerprint density at radius 2 is 1.83 bits per heavy atom. The molecule has 1 aromatic carbocycles. The molecule has 0 heterocycles. The lowest BCUT2D eigenvalue weighted by Crippen LogP contribution is -2.46. The third-order valence-corrected chi connectivity index (χ3v) is 5.41. The summed E-state index contributed by atoms with van der Waals surface area (Å²) in [6, 6.07) is 8.61. The number of esters is 1. The molecular formula is C20H28O4. The minimum absolute atomic E-state index is 0.205. The topological polar surface area (TPSA) is 63.6 Å². The average Bonchev–Trinajstić information content (AvgIpc) is 2.54. The Morgan fingerprint density at radius 3 is 2.38 bits per heavy atom. The third kappa shape index (κ3) is 3.63. The molecule has 4 atom stereocenters. The first-order chi connectivity index (χ1) is 11.3. The predicted octanol–water partition coefficient (Wildman–Crippen LogP) is 4.03. The zero-order valence-corrected chi connectivity index (χ0v) is 15.0. The Hall–Kier alpha value is -1.84. The molecule has 0 unspecified atom stereocenters. The summed E-state index contributed by atoms with van der Waals surface area (Å²) >= 11 is 0. The molecular weight excluding hydrogens is 304 g/mol. The number of benzene rings is 1. The first-order valence-corrected chi connectivity index (χ1v) is 8.76. The van der Waals surface area contributed by atoms with E-state index >= 15 is 0 Å². The second-order valence-corrected chi connectivity index (χ2v) is 7.57. The second-order valence-electron chi connectivity index (χ2n) is 7.57. The first-order valence-electron chi connectivity index (χ1n) is 8.76. The summed E-state index contributed by atoms with van der Waals surface area (Å²) < 4.78 is 5.80. The Kier molecular flexibility index (Phi) is 5.68. The summed E-state index contributed by atoms with van der Waals surface area (Å²) in [6.45, 7) is 7.86. The van der Waals surface area contributed by atoms with Crippen LogP contribution >= 0.6 is 0 Å². The Balaban J connectivity index is 2.26. The number of rotatable bonds is 5. The highest BCUT2D eigenvalue weighted by Gasteiger charge is 2.47. The van der Waals surface area contributed by atoms with E-state index in [0.717, 1.165) is 19.3 Å². The average molecular weight is 332 g/mol. The van der Waals surface area contributed by atoms with E-state index in [-0.39, 0.29) is 6.10 Å². The second kappa shape index (κ2) is 7.37. The molecule has 1 N–H and O–H groups in total. The van der Waals surface area contributed by atoms with E-state index in [4.69, 9.17) is 4.74 Å². The standard InChI is InChI=1S/C20H28O4/c1-13(2)16-11-10-14(3)12-17(16)24-19(23)20(4,18(21)22)15-8-6-5-7-9-15/h5-9,13-14,16-17H,10-12H2,1-4H3,(H,21,22)/t14-,16+,17-,20-/m1/s1. The molecule has 1 aliphatic rings. The SMILES string of the molecule is CC(C)[C@@H]1CC[C@@H](C)C[C@H]1OC(=O)[C@@](C)(C(=O)O)c1ccccc1. The quantitative estimate of drug-likeness (QED) is 0.653. The smallest absolute Gasteiger partial charge is 0.328 e. The van der Waals surface area contributed by atoms with Crippen LogP contribution in [-0.2, 0) is 19.7 Å². The van der Waals surface area contributed by atoms with Crippen molar-refractivity contribution in [3.63, 3.8) is 0 Å². The van der Waals surface area contributed by atoms with Crippen molar-refractivity contribution in [2.45, 2.75) is 58.5 Å². The van der Waals surface area contributed by atoms with E-state index in [0.29, 0.717) is 23.3 Å². The highest BCUT2D eigenvalue weighted by Crippen LogP contribution is 2.37. The molecule has 1 aromatic rings. The fourth-order valence-corrected chi connectivity index (χ4v) is 3.61. The summed E-state index contributed by atoms with van der Waals surface area (Å²) in [4.78, 5) is 24.7. The minimum atomic E-state index is -1.68. The normalized spacial score (nSPS) is 26.6. The Labute approximate surface area is 144 Å². The molecule has 0 spiro atoms. The molecule has 0 aliphatic heterocycles. The van der Waals surface area contributed by atoms with Gasteiger partial charge in [0.15, 0.2) is 5.41 Å². The van der Waals surface area contributed by atoms with Gasteiger partial charge >= 0.3 is 11.9 Å². The molecule has 0 aromatic heterocycles. The summed E-state index contributed by atoms with van der Waals surface area (Å²) in [7, 11) is 0. The van der Waals surface area contributed by atoms with Crippen LogP contribution in [0.2, 0.25) is 0 Å². The van der Waals surface area contributed by atoms with Gasteiger partial charge in [0.25, 0.3) is 0 Å². The molecule has 0 bridgehead atoms. The molecule has 4 nitrogen and oxygen atoms in total. The van der Waals surface area contributed by atoms with E-state index < -0.39 is 17.4 Å². The van der Waals surface area contributed by atoms with Crippen molar-refractivity contribution in [2.75, 3.05) is 0 Å². The number of carbonyl (C=O) groups is 2. The maximum Gasteiger partial charge on any atom is 0.328 e. The van der Waals surface area contributed by atoms with Crippen LogP contribution in [0.25, 0.3) is 0 Å². The van der Waals surface area contributed by atoms with Crippen LogP contribution in [0.3, 0.4) is 0 Å². The van der Waals surface area contributed by atoms with E-state index in [9.17, 15) is 14.7 Å². The highest BCUT2D eigenvalue weighted by atomic mass is 16.5. The number of aliphatic carboxylic acids is 1. The van der Waals surface area contributed by atoms with Gasteiger partial charge in [0.1, 0.15) is 6.10 Å². The van der Waals surface area contributed by atoms with Crippen molar-refractivity contribution in [1.82, 2.24) is 0 Å².